The maximum absolute atomic E-state index is 7.22. The van der Waals surface area contributed by atoms with Gasteiger partial charge in [-0.3, -0.25) is 0 Å². The van der Waals surface area contributed by atoms with Crippen LogP contribution in [-0.2, 0) is 80.4 Å². The summed E-state index contributed by atoms with van der Waals surface area (Å²) in [5.41, 5.74) is 5.96. The Balaban J connectivity index is 1.04. The Hall–Kier alpha value is -5.08. The molecule has 11 atom stereocenters. The number of rotatable bonds is 19. The lowest BCUT2D eigenvalue weighted by atomic mass is 9.96. The molecule has 3 aliphatic heterocycles. The predicted molar refractivity (Wildman–Crippen MR) is 239 cm³/mol. The lowest BCUT2D eigenvalue weighted by molar-refractivity contribution is -0.360. The van der Waals surface area contributed by atoms with E-state index in [2.05, 4.69) is 0 Å². The van der Waals surface area contributed by atoms with Crippen molar-refractivity contribution in [2.45, 2.75) is 108 Å². The Morgan fingerprint density at radius 1 is 0.375 bits per heavy atom. The molecular formula is C54H56O10. The van der Waals surface area contributed by atoms with Crippen LogP contribution in [0.25, 0.3) is 0 Å². The van der Waals surface area contributed by atoms with E-state index in [4.69, 9.17) is 47.4 Å². The molecular weight excluding hydrogens is 809 g/mol. The molecule has 3 aliphatic rings. The first-order chi connectivity index (χ1) is 31.6. The molecule has 0 radical (unpaired) electrons. The van der Waals surface area contributed by atoms with Crippen LogP contribution in [0.4, 0.5) is 0 Å². The van der Waals surface area contributed by atoms with Crippen molar-refractivity contribution < 1.29 is 47.4 Å². The van der Waals surface area contributed by atoms with Crippen LogP contribution in [-0.4, -0.2) is 68.0 Å². The maximum atomic E-state index is 7.22. The number of benzene rings is 6. The molecule has 0 amide bonds. The zero-order chi connectivity index (χ0) is 43.3. The van der Waals surface area contributed by atoms with Gasteiger partial charge >= 0.3 is 0 Å². The van der Waals surface area contributed by atoms with E-state index in [0.717, 1.165) is 33.4 Å². The van der Waals surface area contributed by atoms with Gasteiger partial charge in [-0.25, -0.2) is 0 Å². The van der Waals surface area contributed by atoms with Gasteiger partial charge < -0.3 is 47.4 Å². The SMILES string of the molecule is C[C@@H]1O[C@H](OCc2ccccc2)[C@@H]2O[C@H](c3ccccc3)O[C@H]2[C@@H]1O[C@H]1O[C@H](COCc2ccccc2)[C@@H](OCc2ccccc2)[C@@H](OCc2ccccc2)[C@@H]1OCc1ccccc1. The number of hydrogen-bond donors (Lipinski definition) is 0. The van der Waals surface area contributed by atoms with Gasteiger partial charge in [0.2, 0.25) is 0 Å². The molecule has 64 heavy (non-hydrogen) atoms. The van der Waals surface area contributed by atoms with Crippen molar-refractivity contribution in [1.82, 2.24) is 0 Å². The summed E-state index contributed by atoms with van der Waals surface area (Å²) < 4.78 is 68.2. The topological polar surface area (TPSA) is 92.3 Å². The summed E-state index contributed by atoms with van der Waals surface area (Å²) in [6, 6.07) is 60.2. The average Bonchev–Trinajstić information content (AvgIpc) is 3.81. The first-order valence-electron chi connectivity index (χ1n) is 22.2. The summed E-state index contributed by atoms with van der Waals surface area (Å²) in [5.74, 6) is 0. The fourth-order valence-corrected chi connectivity index (χ4v) is 8.44. The van der Waals surface area contributed by atoms with E-state index < -0.39 is 67.7 Å². The monoisotopic (exact) mass is 864 g/mol. The molecule has 6 aromatic carbocycles. The summed E-state index contributed by atoms with van der Waals surface area (Å²) in [7, 11) is 0. The van der Waals surface area contributed by atoms with E-state index in [0.29, 0.717) is 26.4 Å². The van der Waals surface area contributed by atoms with Gasteiger partial charge in [0.25, 0.3) is 0 Å². The Morgan fingerprint density at radius 2 is 0.797 bits per heavy atom. The number of fused-ring (bicyclic) bond motifs is 1. The van der Waals surface area contributed by atoms with Crippen molar-refractivity contribution in [2.24, 2.45) is 0 Å². The van der Waals surface area contributed by atoms with E-state index in [1.165, 1.54) is 0 Å². The van der Waals surface area contributed by atoms with Crippen molar-refractivity contribution in [1.29, 1.82) is 0 Å². The second-order valence-electron chi connectivity index (χ2n) is 16.4. The Morgan fingerprint density at radius 3 is 1.31 bits per heavy atom. The van der Waals surface area contributed by atoms with Crippen LogP contribution in [0.15, 0.2) is 182 Å². The molecule has 9 rings (SSSR count). The molecule has 0 N–H and O–H groups in total. The van der Waals surface area contributed by atoms with Crippen molar-refractivity contribution in [2.75, 3.05) is 6.61 Å². The molecule has 3 heterocycles. The Labute approximate surface area is 375 Å². The molecule has 6 aromatic rings. The van der Waals surface area contributed by atoms with Gasteiger partial charge in [0.05, 0.1) is 45.7 Å². The van der Waals surface area contributed by atoms with E-state index in [-0.39, 0.29) is 13.2 Å². The zero-order valence-electron chi connectivity index (χ0n) is 36.0. The highest BCUT2D eigenvalue weighted by molar-refractivity contribution is 5.19. The molecule has 0 spiro atoms. The molecule has 332 valence electrons. The third-order valence-corrected chi connectivity index (χ3v) is 11.7. The third kappa shape index (κ3) is 11.4. The summed E-state index contributed by atoms with van der Waals surface area (Å²) in [6.45, 7) is 3.78. The lowest BCUT2D eigenvalue weighted by Gasteiger charge is -2.48. The predicted octanol–water partition coefficient (Wildman–Crippen LogP) is 9.51. The normalized spacial score (nSPS) is 27.8. The molecule has 10 nitrogen and oxygen atoms in total. The maximum Gasteiger partial charge on any atom is 0.187 e. The smallest absolute Gasteiger partial charge is 0.187 e. The minimum atomic E-state index is -0.982. The molecule has 0 aromatic heterocycles. The summed E-state index contributed by atoms with van der Waals surface area (Å²) in [5, 5.41) is 0. The van der Waals surface area contributed by atoms with Crippen molar-refractivity contribution >= 4 is 0 Å². The van der Waals surface area contributed by atoms with Gasteiger partial charge in [-0.15, -0.1) is 0 Å². The molecule has 0 saturated carbocycles. The highest BCUT2D eigenvalue weighted by Gasteiger charge is 2.56. The van der Waals surface area contributed by atoms with Crippen LogP contribution >= 0.6 is 0 Å². The molecule has 3 saturated heterocycles. The second-order valence-corrected chi connectivity index (χ2v) is 16.4. The lowest BCUT2D eigenvalue weighted by Crippen LogP contribution is -2.64. The minimum absolute atomic E-state index is 0.193. The van der Waals surface area contributed by atoms with Crippen molar-refractivity contribution in [3.05, 3.63) is 215 Å². The Kier molecular flexibility index (Phi) is 15.3. The van der Waals surface area contributed by atoms with Crippen LogP contribution in [0, 0.1) is 0 Å². The zero-order valence-corrected chi connectivity index (χ0v) is 36.0. The van der Waals surface area contributed by atoms with Gasteiger partial charge in [-0.05, 0) is 34.7 Å². The number of hydrogen-bond acceptors (Lipinski definition) is 10. The van der Waals surface area contributed by atoms with Gasteiger partial charge in [-0.1, -0.05) is 182 Å². The van der Waals surface area contributed by atoms with Gasteiger partial charge in [0, 0.05) is 5.56 Å². The summed E-state index contributed by atoms with van der Waals surface area (Å²) >= 11 is 0. The molecule has 0 unspecified atom stereocenters. The van der Waals surface area contributed by atoms with Crippen molar-refractivity contribution in [3.63, 3.8) is 0 Å². The van der Waals surface area contributed by atoms with E-state index in [1.54, 1.807) is 0 Å². The fourth-order valence-electron chi connectivity index (χ4n) is 8.44. The van der Waals surface area contributed by atoms with Gasteiger partial charge in [-0.2, -0.15) is 0 Å². The minimum Gasteiger partial charge on any atom is -0.374 e. The van der Waals surface area contributed by atoms with Crippen LogP contribution in [0.3, 0.4) is 0 Å². The first kappa shape index (κ1) is 44.1. The second kappa shape index (κ2) is 22.2. The molecule has 3 fully saturated rings. The Bertz CT molecular complexity index is 2240. The van der Waals surface area contributed by atoms with Crippen LogP contribution in [0.1, 0.15) is 46.6 Å². The molecule has 10 heteroatoms. The summed E-state index contributed by atoms with van der Waals surface area (Å²) in [6.07, 6.45) is -7.51. The average molecular weight is 865 g/mol. The number of ether oxygens (including phenoxy) is 10. The third-order valence-electron chi connectivity index (χ3n) is 11.7. The quantitative estimate of drug-likeness (QED) is 0.0785. The van der Waals surface area contributed by atoms with Crippen LogP contribution in [0.5, 0.6) is 0 Å². The van der Waals surface area contributed by atoms with E-state index in [1.807, 2.05) is 189 Å². The molecule has 0 bridgehead atoms. The van der Waals surface area contributed by atoms with Gasteiger partial charge in [0.15, 0.2) is 18.9 Å². The summed E-state index contributed by atoms with van der Waals surface area (Å²) in [4.78, 5) is 0. The van der Waals surface area contributed by atoms with Crippen LogP contribution in [0.2, 0.25) is 0 Å². The van der Waals surface area contributed by atoms with Crippen molar-refractivity contribution in [3.8, 4) is 0 Å². The first-order valence-corrected chi connectivity index (χ1v) is 22.2. The highest BCUT2D eigenvalue weighted by Crippen LogP contribution is 2.42. The van der Waals surface area contributed by atoms with E-state index in [9.17, 15) is 0 Å². The highest BCUT2D eigenvalue weighted by atomic mass is 16.8. The standard InChI is InChI=1S/C54H56O10/c1-38-46(49-51(64-52(63-49)44-30-18-7-19-31-44)53(60-38)59-36-43-28-16-6-17-29-43)62-54-50(58-35-42-26-14-5-15-27-42)48(57-34-41-24-12-4-13-25-41)47(56-33-40-22-10-3-11-23-40)45(61-54)37-55-32-39-20-8-2-9-21-39/h2-31,38,45-54H,32-37H2,1H3/t38-,45+,46+,47+,48+,49-,50-,51+,52+,53-,54+/m0/s1. The van der Waals surface area contributed by atoms with Crippen LogP contribution < -0.4 is 0 Å². The largest absolute Gasteiger partial charge is 0.374 e. The van der Waals surface area contributed by atoms with E-state index >= 15 is 0 Å². The van der Waals surface area contributed by atoms with Gasteiger partial charge in [0.1, 0.15) is 42.7 Å². The molecule has 0 aliphatic carbocycles. The fraction of sp³-hybridized carbons (Fsp3) is 0.333.